The average molecular weight is 591 g/mol. The molecule has 2 saturated heterocycles. The number of aliphatic hydroxyl groups is 4. The normalized spacial score (nSPS) is 37.3. The number of carbonyl (C=O) groups excluding carboxylic acids is 1. The minimum Gasteiger partial charge on any atom is -0.507 e. The molecule has 1 saturated carbocycles. The van der Waals surface area contributed by atoms with Gasteiger partial charge in [-0.1, -0.05) is 13.0 Å². The molecule has 0 radical (unpaired) electrons. The molecule has 11 atom stereocenters. The number of phenolic OH excluding ortho intramolecular Hbond substituents is 2. The number of phenols is 2. The van der Waals surface area contributed by atoms with E-state index < -0.39 is 61.2 Å². The van der Waals surface area contributed by atoms with Crippen LogP contribution in [0.2, 0.25) is 0 Å². The number of aromatic hydroxyl groups is 2. The second-order valence-electron chi connectivity index (χ2n) is 11.2. The smallest absolute Gasteiger partial charge is 0.229 e. The fourth-order valence-electron chi connectivity index (χ4n) is 6.02. The SMILES string of the molecule is COc1ccc([C@H]2CC(=O)c3c(O)cc(OC4OC(CO)C5OC5C4OC4CC(C)C(O)C(O)C4O)cc3O2)cc1O. The average Bonchev–Trinajstić information content (AvgIpc) is 3.76. The largest absolute Gasteiger partial charge is 0.507 e. The summed E-state index contributed by atoms with van der Waals surface area (Å²) in [4.78, 5) is 13.0. The molecule has 4 aliphatic rings. The highest BCUT2D eigenvalue weighted by Gasteiger charge is 2.60. The van der Waals surface area contributed by atoms with Crippen LogP contribution in [0.1, 0.15) is 41.8 Å². The lowest BCUT2D eigenvalue weighted by Crippen LogP contribution is -2.58. The van der Waals surface area contributed by atoms with E-state index in [1.165, 1.54) is 25.3 Å². The van der Waals surface area contributed by atoms with Crippen molar-refractivity contribution in [2.24, 2.45) is 5.92 Å². The number of carbonyl (C=O) groups is 1. The van der Waals surface area contributed by atoms with Crippen molar-refractivity contribution in [2.45, 2.75) is 81.0 Å². The van der Waals surface area contributed by atoms with Crippen molar-refractivity contribution in [3.8, 4) is 28.7 Å². The Bertz CT molecular complexity index is 1330. The van der Waals surface area contributed by atoms with E-state index in [0.29, 0.717) is 5.56 Å². The third-order valence-corrected chi connectivity index (χ3v) is 8.41. The third-order valence-electron chi connectivity index (χ3n) is 8.41. The monoisotopic (exact) mass is 590 g/mol. The number of methoxy groups -OCH3 is 1. The lowest BCUT2D eigenvalue weighted by Gasteiger charge is -2.42. The van der Waals surface area contributed by atoms with E-state index in [0.717, 1.165) is 0 Å². The fraction of sp³-hybridized carbons (Fsp3) is 0.552. The molecule has 0 amide bonds. The van der Waals surface area contributed by atoms with Crippen molar-refractivity contribution in [1.82, 2.24) is 0 Å². The summed E-state index contributed by atoms with van der Waals surface area (Å²) in [5, 5.41) is 61.8. The Kier molecular flexibility index (Phi) is 7.68. The van der Waals surface area contributed by atoms with Gasteiger partial charge in [-0.15, -0.1) is 0 Å². The standard InChI is InChI=1S/C29H34O13/c1-11-5-20(24(35)25(36)23(11)34)40-28-27-26(42-27)21(10-30)41-29(28)38-13-7-15(32)22-16(33)9-18(39-19(22)8-13)12-3-4-17(37-2)14(31)6-12/h3-4,6-8,11,18,20-21,23-32,34-36H,5,9-10H2,1-2H3/t11?,18-,20?,21?,23?,24?,25?,26?,27?,28?,29?/m1/s1. The lowest BCUT2D eigenvalue weighted by atomic mass is 9.82. The molecule has 1 aliphatic carbocycles. The van der Waals surface area contributed by atoms with Crippen LogP contribution in [0.25, 0.3) is 0 Å². The summed E-state index contributed by atoms with van der Waals surface area (Å²) < 4.78 is 35.0. The number of ketones is 1. The zero-order valence-corrected chi connectivity index (χ0v) is 22.9. The van der Waals surface area contributed by atoms with E-state index in [4.69, 9.17) is 28.4 Å². The number of hydrogen-bond donors (Lipinski definition) is 6. The summed E-state index contributed by atoms with van der Waals surface area (Å²) in [6.07, 6.45) is -9.13. The highest BCUT2D eigenvalue weighted by molar-refractivity contribution is 6.02. The van der Waals surface area contributed by atoms with E-state index in [9.17, 15) is 35.4 Å². The van der Waals surface area contributed by atoms with Gasteiger partial charge in [0.25, 0.3) is 0 Å². The fourth-order valence-corrected chi connectivity index (χ4v) is 6.02. The van der Waals surface area contributed by atoms with Crippen molar-refractivity contribution in [3.63, 3.8) is 0 Å². The second-order valence-corrected chi connectivity index (χ2v) is 11.2. The Morgan fingerprint density at radius 1 is 0.976 bits per heavy atom. The van der Waals surface area contributed by atoms with Gasteiger partial charge in [0.05, 0.1) is 32.3 Å². The predicted octanol–water partition coefficient (Wildman–Crippen LogP) is 0.553. The molecule has 3 aliphatic heterocycles. The van der Waals surface area contributed by atoms with Crippen molar-refractivity contribution in [3.05, 3.63) is 41.5 Å². The highest BCUT2D eigenvalue weighted by Crippen LogP contribution is 2.45. The van der Waals surface area contributed by atoms with Gasteiger partial charge < -0.3 is 59.1 Å². The number of ether oxygens (including phenoxy) is 6. The van der Waals surface area contributed by atoms with Gasteiger partial charge in [-0.05, 0) is 30.0 Å². The number of Topliss-reactive ketones (excluding diaryl/α,β-unsaturated/α-hetero) is 1. The van der Waals surface area contributed by atoms with E-state index in [2.05, 4.69) is 0 Å². The molecule has 6 N–H and O–H groups in total. The number of rotatable bonds is 7. The van der Waals surface area contributed by atoms with Gasteiger partial charge in [0, 0.05) is 12.1 Å². The minimum atomic E-state index is -1.41. The molecule has 3 heterocycles. The third kappa shape index (κ3) is 5.15. The quantitative estimate of drug-likeness (QED) is 0.245. The molecule has 13 heteroatoms. The van der Waals surface area contributed by atoms with Crippen LogP contribution >= 0.6 is 0 Å². The first kappa shape index (κ1) is 28.9. The Hall–Kier alpha value is -3.17. The number of epoxide rings is 1. The second kappa shape index (κ2) is 11.2. The van der Waals surface area contributed by atoms with Crippen molar-refractivity contribution in [1.29, 1.82) is 0 Å². The number of aliphatic hydroxyl groups excluding tert-OH is 4. The molecule has 42 heavy (non-hydrogen) atoms. The van der Waals surface area contributed by atoms with Gasteiger partial charge in [-0.2, -0.15) is 0 Å². The molecule has 0 aromatic heterocycles. The lowest BCUT2D eigenvalue weighted by molar-refractivity contribution is -0.248. The Labute approximate surface area is 240 Å². The highest BCUT2D eigenvalue weighted by atomic mass is 16.7. The Balaban J connectivity index is 1.25. The first-order chi connectivity index (χ1) is 20.1. The van der Waals surface area contributed by atoms with E-state index in [1.807, 2.05) is 0 Å². The van der Waals surface area contributed by atoms with E-state index in [-0.39, 0.29) is 65.5 Å². The van der Waals surface area contributed by atoms with Crippen LogP contribution in [0, 0.1) is 5.92 Å². The van der Waals surface area contributed by atoms with E-state index in [1.54, 1.807) is 19.1 Å². The molecule has 2 aromatic carbocycles. The summed E-state index contributed by atoms with van der Waals surface area (Å²) in [5.74, 6) is -0.816. The van der Waals surface area contributed by atoms with Crippen molar-refractivity contribution in [2.75, 3.05) is 13.7 Å². The van der Waals surface area contributed by atoms with E-state index >= 15 is 0 Å². The Morgan fingerprint density at radius 2 is 1.76 bits per heavy atom. The molecule has 10 unspecified atom stereocenters. The molecule has 0 bridgehead atoms. The zero-order valence-electron chi connectivity index (χ0n) is 22.9. The predicted molar refractivity (Wildman–Crippen MR) is 141 cm³/mol. The maximum Gasteiger partial charge on any atom is 0.229 e. The molecule has 13 nitrogen and oxygen atoms in total. The summed E-state index contributed by atoms with van der Waals surface area (Å²) in [6.45, 7) is 1.38. The van der Waals surface area contributed by atoms with Gasteiger partial charge >= 0.3 is 0 Å². The van der Waals surface area contributed by atoms with Crippen molar-refractivity contribution < 1.29 is 63.9 Å². The van der Waals surface area contributed by atoms with Crippen LogP contribution < -0.4 is 14.2 Å². The van der Waals surface area contributed by atoms with Crippen LogP contribution in [0.3, 0.4) is 0 Å². The van der Waals surface area contributed by atoms with Crippen LogP contribution in [0.15, 0.2) is 30.3 Å². The maximum absolute atomic E-state index is 13.0. The van der Waals surface area contributed by atoms with Gasteiger partial charge in [0.1, 0.15) is 65.5 Å². The molecule has 2 aromatic rings. The van der Waals surface area contributed by atoms with Crippen LogP contribution in [0.5, 0.6) is 28.7 Å². The molecular formula is C29H34O13. The molecule has 6 rings (SSSR count). The summed E-state index contributed by atoms with van der Waals surface area (Å²) in [5.41, 5.74) is 0.511. The van der Waals surface area contributed by atoms with Crippen LogP contribution in [-0.2, 0) is 14.2 Å². The van der Waals surface area contributed by atoms with Crippen LogP contribution in [-0.4, -0.2) is 105 Å². The Morgan fingerprint density at radius 3 is 2.48 bits per heavy atom. The van der Waals surface area contributed by atoms with Crippen LogP contribution in [0.4, 0.5) is 0 Å². The molecule has 228 valence electrons. The van der Waals surface area contributed by atoms with Gasteiger partial charge in [0.2, 0.25) is 6.29 Å². The summed E-state index contributed by atoms with van der Waals surface area (Å²) in [6, 6.07) is 7.33. The number of fused-ring (bicyclic) bond motifs is 2. The van der Waals surface area contributed by atoms with Gasteiger partial charge in [-0.3, -0.25) is 4.79 Å². The zero-order chi connectivity index (χ0) is 29.9. The summed E-state index contributed by atoms with van der Waals surface area (Å²) in [7, 11) is 1.42. The number of hydrogen-bond acceptors (Lipinski definition) is 13. The first-order valence-corrected chi connectivity index (χ1v) is 13.8. The number of benzene rings is 2. The van der Waals surface area contributed by atoms with Crippen molar-refractivity contribution >= 4 is 5.78 Å². The summed E-state index contributed by atoms with van der Waals surface area (Å²) >= 11 is 0. The van der Waals surface area contributed by atoms with Gasteiger partial charge in [-0.25, -0.2) is 0 Å². The molecule has 0 spiro atoms. The maximum atomic E-state index is 13.0. The van der Waals surface area contributed by atoms with Gasteiger partial charge in [0.15, 0.2) is 17.3 Å². The topological polar surface area (TPSA) is 197 Å². The first-order valence-electron chi connectivity index (χ1n) is 13.8. The molecular weight excluding hydrogens is 556 g/mol. The minimum absolute atomic E-state index is 0.0145. The molecule has 3 fully saturated rings.